The van der Waals surface area contributed by atoms with Crippen LogP contribution in [-0.4, -0.2) is 50.4 Å². The van der Waals surface area contributed by atoms with Crippen molar-refractivity contribution >= 4 is 27.5 Å². The second-order valence-corrected chi connectivity index (χ2v) is 11.7. The molecule has 2 amide bonds. The molecule has 3 aromatic carbocycles. The van der Waals surface area contributed by atoms with E-state index in [1.807, 2.05) is 27.7 Å². The zero-order valence-electron chi connectivity index (χ0n) is 24.1. The summed E-state index contributed by atoms with van der Waals surface area (Å²) in [6, 6.07) is 17.5. The molecule has 1 N–H and O–H groups in total. The minimum Gasteiger partial charge on any atom is -0.494 e. The minimum absolute atomic E-state index is 0.00741. The van der Waals surface area contributed by atoms with Gasteiger partial charge in [0.15, 0.2) is 0 Å². The van der Waals surface area contributed by atoms with Gasteiger partial charge in [0.1, 0.15) is 24.2 Å². The fourth-order valence-electron chi connectivity index (χ4n) is 4.10. The van der Waals surface area contributed by atoms with E-state index in [1.165, 1.54) is 35.2 Å². The van der Waals surface area contributed by atoms with Gasteiger partial charge < -0.3 is 15.0 Å². The molecule has 0 fully saturated rings. The molecule has 10 heteroatoms. The van der Waals surface area contributed by atoms with Gasteiger partial charge in [-0.15, -0.1) is 0 Å². The highest BCUT2D eigenvalue weighted by Crippen LogP contribution is 2.27. The third-order valence-electron chi connectivity index (χ3n) is 6.79. The molecule has 0 spiro atoms. The first-order valence-corrected chi connectivity index (χ1v) is 15.1. The first kappa shape index (κ1) is 31.6. The van der Waals surface area contributed by atoms with Gasteiger partial charge >= 0.3 is 0 Å². The number of nitrogens with one attached hydrogen (secondary N) is 1. The van der Waals surface area contributed by atoms with Gasteiger partial charge in [-0.05, 0) is 76.6 Å². The predicted octanol–water partition coefficient (Wildman–Crippen LogP) is 5.06. The number of carbonyl (C=O) groups is 2. The Morgan fingerprint density at radius 2 is 1.59 bits per heavy atom. The van der Waals surface area contributed by atoms with Crippen LogP contribution >= 0.6 is 0 Å². The van der Waals surface area contributed by atoms with E-state index >= 15 is 0 Å². The Morgan fingerprint density at radius 3 is 2.17 bits per heavy atom. The van der Waals surface area contributed by atoms with Crippen molar-refractivity contribution in [3.63, 3.8) is 0 Å². The lowest BCUT2D eigenvalue weighted by molar-refractivity contribution is -0.139. The molecule has 0 heterocycles. The highest BCUT2D eigenvalue weighted by molar-refractivity contribution is 7.92. The lowest BCUT2D eigenvalue weighted by Gasteiger charge is -2.32. The average Bonchev–Trinajstić information content (AvgIpc) is 2.95. The van der Waals surface area contributed by atoms with E-state index in [2.05, 4.69) is 5.32 Å². The number of hydrogen-bond donors (Lipinski definition) is 1. The molecule has 0 saturated carbocycles. The number of sulfonamides is 1. The Hall–Kier alpha value is -3.92. The van der Waals surface area contributed by atoms with Crippen LogP contribution in [0.1, 0.15) is 45.2 Å². The van der Waals surface area contributed by atoms with Gasteiger partial charge in [0.25, 0.3) is 10.0 Å². The molecule has 8 nitrogen and oxygen atoms in total. The molecular formula is C31H38FN3O5S. The number of rotatable bonds is 13. The van der Waals surface area contributed by atoms with Crippen LogP contribution in [0.15, 0.2) is 77.7 Å². The standard InChI is InChI=1S/C31H38FN3O5S/c1-6-23(4)33-31(37)24(5)34(20-25-10-8-9-11-29(25)32)30(36)21-35(26-14-16-27(17-15-26)40-7-2)41(38,39)28-18-12-22(3)13-19-28/h8-19,23-24H,6-7,20-21H2,1-5H3,(H,33,37)/t23-,24-/m0/s1. The van der Waals surface area contributed by atoms with Gasteiger partial charge in [-0.25, -0.2) is 12.8 Å². The van der Waals surface area contributed by atoms with Crippen molar-refractivity contribution in [3.05, 3.63) is 89.7 Å². The van der Waals surface area contributed by atoms with Crippen molar-refractivity contribution in [2.24, 2.45) is 0 Å². The van der Waals surface area contributed by atoms with Gasteiger partial charge in [-0.2, -0.15) is 0 Å². The summed E-state index contributed by atoms with van der Waals surface area (Å²) in [5.41, 5.74) is 1.33. The Balaban J connectivity index is 2.04. The number of ether oxygens (including phenoxy) is 1. The molecule has 3 aromatic rings. The fraction of sp³-hybridized carbons (Fsp3) is 0.355. The maximum Gasteiger partial charge on any atom is 0.264 e. The van der Waals surface area contributed by atoms with E-state index in [0.29, 0.717) is 18.8 Å². The molecule has 0 aliphatic heterocycles. The minimum atomic E-state index is -4.20. The van der Waals surface area contributed by atoms with Crippen LogP contribution < -0.4 is 14.4 Å². The third kappa shape index (κ3) is 8.07. The van der Waals surface area contributed by atoms with Gasteiger partial charge in [0.2, 0.25) is 11.8 Å². The van der Waals surface area contributed by atoms with Crippen LogP contribution in [0, 0.1) is 12.7 Å². The number of amides is 2. The molecule has 0 aromatic heterocycles. The van der Waals surface area contributed by atoms with Crippen molar-refractivity contribution in [2.75, 3.05) is 17.5 Å². The third-order valence-corrected chi connectivity index (χ3v) is 8.58. The van der Waals surface area contributed by atoms with Crippen LogP contribution in [0.3, 0.4) is 0 Å². The second kappa shape index (κ2) is 14.1. The van der Waals surface area contributed by atoms with Crippen molar-refractivity contribution < 1.29 is 27.1 Å². The van der Waals surface area contributed by atoms with Gasteiger partial charge in [0, 0.05) is 18.2 Å². The summed E-state index contributed by atoms with van der Waals surface area (Å²) < 4.78 is 49.0. The van der Waals surface area contributed by atoms with E-state index in [0.717, 1.165) is 9.87 Å². The molecule has 41 heavy (non-hydrogen) atoms. The van der Waals surface area contributed by atoms with Gasteiger partial charge in [0.05, 0.1) is 17.2 Å². The SMILES string of the molecule is CCOc1ccc(N(CC(=O)N(Cc2ccccc2F)[C@@H](C)C(=O)N[C@@H](C)CC)S(=O)(=O)c2ccc(C)cc2)cc1. The Labute approximate surface area is 242 Å². The maximum absolute atomic E-state index is 14.7. The first-order chi connectivity index (χ1) is 19.5. The normalized spacial score (nSPS) is 12.7. The largest absolute Gasteiger partial charge is 0.494 e. The molecule has 0 aliphatic carbocycles. The lowest BCUT2D eigenvalue weighted by Crippen LogP contribution is -2.52. The highest BCUT2D eigenvalue weighted by Gasteiger charge is 2.33. The summed E-state index contributed by atoms with van der Waals surface area (Å²) in [5.74, 6) is -1.06. The lowest BCUT2D eigenvalue weighted by atomic mass is 10.1. The zero-order valence-corrected chi connectivity index (χ0v) is 24.9. The summed E-state index contributed by atoms with van der Waals surface area (Å²) in [7, 11) is -4.20. The Bertz CT molecular complexity index is 1430. The van der Waals surface area contributed by atoms with E-state index in [9.17, 15) is 22.4 Å². The molecule has 0 bridgehead atoms. The van der Waals surface area contributed by atoms with E-state index in [4.69, 9.17) is 4.74 Å². The molecular weight excluding hydrogens is 545 g/mol. The first-order valence-electron chi connectivity index (χ1n) is 13.6. The van der Waals surface area contributed by atoms with Crippen LogP contribution in [0.4, 0.5) is 10.1 Å². The number of halogens is 1. The number of benzene rings is 3. The Morgan fingerprint density at radius 1 is 0.951 bits per heavy atom. The molecule has 220 valence electrons. The fourth-order valence-corrected chi connectivity index (χ4v) is 5.51. The summed E-state index contributed by atoms with van der Waals surface area (Å²) in [6.07, 6.45) is 0.681. The van der Waals surface area contributed by atoms with E-state index in [1.54, 1.807) is 49.4 Å². The Kier molecular flexibility index (Phi) is 10.9. The zero-order chi connectivity index (χ0) is 30.2. The van der Waals surface area contributed by atoms with Gasteiger partial charge in [-0.3, -0.25) is 13.9 Å². The number of carbonyl (C=O) groups excluding carboxylic acids is 2. The second-order valence-electron chi connectivity index (χ2n) is 9.86. The summed E-state index contributed by atoms with van der Waals surface area (Å²) in [5, 5.41) is 2.86. The summed E-state index contributed by atoms with van der Waals surface area (Å²) >= 11 is 0. The van der Waals surface area contributed by atoms with Gasteiger partial charge in [-0.1, -0.05) is 42.8 Å². The van der Waals surface area contributed by atoms with Crippen LogP contribution in [0.2, 0.25) is 0 Å². The summed E-state index contributed by atoms with van der Waals surface area (Å²) in [4.78, 5) is 28.3. The predicted molar refractivity (Wildman–Crippen MR) is 158 cm³/mol. The monoisotopic (exact) mass is 583 g/mol. The van der Waals surface area contributed by atoms with E-state index in [-0.39, 0.29) is 28.7 Å². The highest BCUT2D eigenvalue weighted by atomic mass is 32.2. The number of nitrogens with zero attached hydrogens (tertiary/aromatic N) is 2. The molecule has 2 atom stereocenters. The molecule has 0 unspecified atom stereocenters. The summed E-state index contributed by atoms with van der Waals surface area (Å²) in [6.45, 7) is 8.59. The van der Waals surface area contributed by atoms with Crippen LogP contribution in [-0.2, 0) is 26.2 Å². The number of aryl methyl sites for hydroxylation is 1. The van der Waals surface area contributed by atoms with Crippen LogP contribution in [0.25, 0.3) is 0 Å². The van der Waals surface area contributed by atoms with Crippen molar-refractivity contribution in [1.29, 1.82) is 0 Å². The molecule has 3 rings (SSSR count). The molecule has 0 saturated heterocycles. The van der Waals surface area contributed by atoms with Crippen molar-refractivity contribution in [1.82, 2.24) is 10.2 Å². The van der Waals surface area contributed by atoms with E-state index < -0.39 is 40.2 Å². The number of hydrogen-bond acceptors (Lipinski definition) is 5. The smallest absolute Gasteiger partial charge is 0.264 e. The molecule has 0 radical (unpaired) electrons. The number of anilines is 1. The topological polar surface area (TPSA) is 96.0 Å². The maximum atomic E-state index is 14.7. The quantitative estimate of drug-likeness (QED) is 0.304. The van der Waals surface area contributed by atoms with Crippen molar-refractivity contribution in [3.8, 4) is 5.75 Å². The van der Waals surface area contributed by atoms with Crippen LogP contribution in [0.5, 0.6) is 5.75 Å². The average molecular weight is 584 g/mol. The van der Waals surface area contributed by atoms with Crippen molar-refractivity contribution in [2.45, 2.75) is 64.6 Å². The molecule has 0 aliphatic rings.